The van der Waals surface area contributed by atoms with Gasteiger partial charge in [0.25, 0.3) is 0 Å². The highest BCUT2D eigenvalue weighted by atomic mass is 15.2. The molecule has 0 amide bonds. The quantitative estimate of drug-likeness (QED) is 0.602. The van der Waals surface area contributed by atoms with Gasteiger partial charge in [0.1, 0.15) is 0 Å². The van der Waals surface area contributed by atoms with Crippen molar-refractivity contribution in [3.05, 3.63) is 35.9 Å². The summed E-state index contributed by atoms with van der Waals surface area (Å²) in [5, 5.41) is 0. The molecule has 2 aliphatic rings. The monoisotopic (exact) mass is 216 g/mol. The minimum atomic E-state index is 0.358. The first kappa shape index (κ1) is 10.3. The molecule has 2 heteroatoms. The highest BCUT2D eigenvalue weighted by Crippen LogP contribution is 2.52. The topological polar surface area (TPSA) is 38.0 Å². The van der Waals surface area contributed by atoms with Crippen LogP contribution in [-0.4, -0.2) is 0 Å². The Balaban J connectivity index is 1.81. The molecule has 4 unspecified atom stereocenters. The summed E-state index contributed by atoms with van der Waals surface area (Å²) in [6.45, 7) is 0. The minimum absolute atomic E-state index is 0.358. The molecule has 86 valence electrons. The fourth-order valence-electron chi connectivity index (χ4n) is 3.83. The van der Waals surface area contributed by atoms with Crippen molar-refractivity contribution >= 4 is 0 Å². The summed E-state index contributed by atoms with van der Waals surface area (Å²) >= 11 is 0. The number of nitrogens with one attached hydrogen (secondary N) is 1. The Labute approximate surface area is 97.2 Å². The SMILES string of the molecule is NNC(c1ccccc1)C1CC2CCC1C2. The number of nitrogens with two attached hydrogens (primary N) is 1. The molecule has 0 aliphatic heterocycles. The zero-order valence-corrected chi connectivity index (χ0v) is 9.60. The molecule has 2 aliphatic carbocycles. The number of benzene rings is 1. The molecule has 2 saturated carbocycles. The van der Waals surface area contributed by atoms with Gasteiger partial charge in [0.15, 0.2) is 0 Å². The van der Waals surface area contributed by atoms with Gasteiger partial charge in [0, 0.05) is 6.04 Å². The van der Waals surface area contributed by atoms with Gasteiger partial charge in [-0.3, -0.25) is 11.3 Å². The lowest BCUT2D eigenvalue weighted by molar-refractivity contribution is 0.252. The van der Waals surface area contributed by atoms with Crippen molar-refractivity contribution in [3.8, 4) is 0 Å². The third-order valence-corrected chi connectivity index (χ3v) is 4.56. The van der Waals surface area contributed by atoms with Crippen LogP contribution >= 0.6 is 0 Å². The average Bonchev–Trinajstić information content (AvgIpc) is 2.94. The second kappa shape index (κ2) is 4.19. The molecule has 1 aromatic carbocycles. The number of fused-ring (bicyclic) bond motifs is 2. The molecule has 2 bridgehead atoms. The van der Waals surface area contributed by atoms with Crippen LogP contribution in [0.2, 0.25) is 0 Å². The normalized spacial score (nSPS) is 34.2. The lowest BCUT2D eigenvalue weighted by Crippen LogP contribution is -2.35. The van der Waals surface area contributed by atoms with Crippen LogP contribution in [0.3, 0.4) is 0 Å². The van der Waals surface area contributed by atoms with Crippen LogP contribution in [0, 0.1) is 17.8 Å². The summed E-state index contributed by atoms with van der Waals surface area (Å²) in [6, 6.07) is 11.0. The second-order valence-corrected chi connectivity index (χ2v) is 5.39. The fourth-order valence-corrected chi connectivity index (χ4v) is 3.83. The largest absolute Gasteiger partial charge is 0.271 e. The number of rotatable bonds is 3. The summed E-state index contributed by atoms with van der Waals surface area (Å²) in [7, 11) is 0. The molecule has 4 atom stereocenters. The Morgan fingerprint density at radius 2 is 1.94 bits per heavy atom. The van der Waals surface area contributed by atoms with Gasteiger partial charge in [-0.2, -0.15) is 0 Å². The summed E-state index contributed by atoms with van der Waals surface area (Å²) in [5.41, 5.74) is 4.39. The maximum absolute atomic E-state index is 5.77. The van der Waals surface area contributed by atoms with Crippen molar-refractivity contribution in [2.75, 3.05) is 0 Å². The van der Waals surface area contributed by atoms with Gasteiger partial charge < -0.3 is 0 Å². The van der Waals surface area contributed by atoms with Crippen molar-refractivity contribution < 1.29 is 0 Å². The van der Waals surface area contributed by atoms with Crippen LogP contribution < -0.4 is 11.3 Å². The standard InChI is InChI=1S/C14H20N2/c15-16-14(11-4-2-1-3-5-11)13-9-10-6-7-12(13)8-10/h1-5,10,12-14,16H,6-9,15H2. The third-order valence-electron chi connectivity index (χ3n) is 4.56. The van der Waals surface area contributed by atoms with Gasteiger partial charge in [0.2, 0.25) is 0 Å². The van der Waals surface area contributed by atoms with E-state index in [1.54, 1.807) is 0 Å². The summed E-state index contributed by atoms with van der Waals surface area (Å²) < 4.78 is 0. The van der Waals surface area contributed by atoms with Gasteiger partial charge in [-0.05, 0) is 42.6 Å². The molecular weight excluding hydrogens is 196 g/mol. The molecule has 0 saturated heterocycles. The smallest absolute Gasteiger partial charge is 0.0490 e. The number of hydrogen-bond acceptors (Lipinski definition) is 2. The van der Waals surface area contributed by atoms with Gasteiger partial charge >= 0.3 is 0 Å². The number of hydrazine groups is 1. The molecule has 0 aromatic heterocycles. The van der Waals surface area contributed by atoms with E-state index in [0.717, 1.165) is 17.8 Å². The van der Waals surface area contributed by atoms with E-state index in [2.05, 4.69) is 35.8 Å². The van der Waals surface area contributed by atoms with Gasteiger partial charge in [-0.1, -0.05) is 36.8 Å². The van der Waals surface area contributed by atoms with Crippen LogP contribution in [-0.2, 0) is 0 Å². The van der Waals surface area contributed by atoms with E-state index in [4.69, 9.17) is 5.84 Å². The van der Waals surface area contributed by atoms with Crippen molar-refractivity contribution in [3.63, 3.8) is 0 Å². The van der Waals surface area contributed by atoms with E-state index < -0.39 is 0 Å². The van der Waals surface area contributed by atoms with E-state index in [1.807, 2.05) is 0 Å². The summed E-state index contributed by atoms with van der Waals surface area (Å²) in [4.78, 5) is 0. The maximum Gasteiger partial charge on any atom is 0.0490 e. The Bertz CT molecular complexity index is 349. The summed E-state index contributed by atoms with van der Waals surface area (Å²) in [6.07, 6.45) is 5.68. The van der Waals surface area contributed by atoms with Crippen molar-refractivity contribution in [1.82, 2.24) is 5.43 Å². The van der Waals surface area contributed by atoms with Crippen LogP contribution in [0.25, 0.3) is 0 Å². The first-order valence-corrected chi connectivity index (χ1v) is 6.39. The lowest BCUT2D eigenvalue weighted by atomic mass is 9.81. The first-order valence-electron chi connectivity index (χ1n) is 6.39. The molecule has 2 nitrogen and oxygen atoms in total. The molecule has 0 heterocycles. The molecule has 2 fully saturated rings. The molecular formula is C14H20N2. The van der Waals surface area contributed by atoms with Crippen LogP contribution in [0.5, 0.6) is 0 Å². The van der Waals surface area contributed by atoms with Gasteiger partial charge in [-0.15, -0.1) is 0 Å². The van der Waals surface area contributed by atoms with E-state index in [9.17, 15) is 0 Å². The molecule has 0 spiro atoms. The predicted molar refractivity (Wildman–Crippen MR) is 65.4 cm³/mol. The van der Waals surface area contributed by atoms with Gasteiger partial charge in [-0.25, -0.2) is 0 Å². The van der Waals surface area contributed by atoms with E-state index in [-0.39, 0.29) is 0 Å². The van der Waals surface area contributed by atoms with Crippen LogP contribution in [0.15, 0.2) is 30.3 Å². The third kappa shape index (κ3) is 1.66. The highest BCUT2D eigenvalue weighted by molar-refractivity contribution is 5.20. The minimum Gasteiger partial charge on any atom is -0.271 e. The lowest BCUT2D eigenvalue weighted by Gasteiger charge is -2.30. The molecule has 0 radical (unpaired) electrons. The Kier molecular flexibility index (Phi) is 2.70. The molecule has 3 N–H and O–H groups in total. The first-order chi connectivity index (χ1) is 7.88. The zero-order chi connectivity index (χ0) is 11.0. The number of hydrogen-bond donors (Lipinski definition) is 2. The fraction of sp³-hybridized carbons (Fsp3) is 0.571. The zero-order valence-electron chi connectivity index (χ0n) is 9.60. The van der Waals surface area contributed by atoms with E-state index in [0.29, 0.717) is 6.04 Å². The Morgan fingerprint density at radius 3 is 2.50 bits per heavy atom. The highest BCUT2D eigenvalue weighted by Gasteiger charge is 2.43. The molecule has 1 aromatic rings. The Hall–Kier alpha value is -0.860. The molecule has 16 heavy (non-hydrogen) atoms. The Morgan fingerprint density at radius 1 is 1.12 bits per heavy atom. The summed E-state index contributed by atoms with van der Waals surface area (Å²) in [5.74, 6) is 8.41. The van der Waals surface area contributed by atoms with Crippen molar-refractivity contribution in [1.29, 1.82) is 0 Å². The maximum atomic E-state index is 5.77. The predicted octanol–water partition coefficient (Wildman–Crippen LogP) is 2.63. The van der Waals surface area contributed by atoms with E-state index >= 15 is 0 Å². The molecule has 3 rings (SSSR count). The van der Waals surface area contributed by atoms with Crippen LogP contribution in [0.1, 0.15) is 37.3 Å². The van der Waals surface area contributed by atoms with Crippen molar-refractivity contribution in [2.24, 2.45) is 23.6 Å². The second-order valence-electron chi connectivity index (χ2n) is 5.39. The average molecular weight is 216 g/mol. The van der Waals surface area contributed by atoms with E-state index in [1.165, 1.54) is 31.2 Å². The van der Waals surface area contributed by atoms with Crippen molar-refractivity contribution in [2.45, 2.75) is 31.7 Å². The van der Waals surface area contributed by atoms with Crippen LogP contribution in [0.4, 0.5) is 0 Å². The van der Waals surface area contributed by atoms with Gasteiger partial charge in [0.05, 0.1) is 0 Å².